The molecule has 3 aromatic rings. The minimum absolute atomic E-state index is 0.0962. The van der Waals surface area contributed by atoms with E-state index in [-0.39, 0.29) is 16.1 Å². The lowest BCUT2D eigenvalue weighted by atomic mass is 10.1. The van der Waals surface area contributed by atoms with Crippen LogP contribution in [0.15, 0.2) is 89.8 Å². The summed E-state index contributed by atoms with van der Waals surface area (Å²) >= 11 is 0. The Morgan fingerprint density at radius 2 is 1.86 bits per heavy atom. The Bertz CT molecular complexity index is 1390. The lowest BCUT2D eigenvalue weighted by Crippen LogP contribution is -2.24. The predicted octanol–water partition coefficient (Wildman–Crippen LogP) is 3.96. The van der Waals surface area contributed by atoms with E-state index in [4.69, 9.17) is 0 Å². The number of amides is 1. The summed E-state index contributed by atoms with van der Waals surface area (Å²) in [7, 11) is -4.09. The van der Waals surface area contributed by atoms with Crippen LogP contribution in [-0.2, 0) is 14.6 Å². The molecule has 0 aliphatic carbocycles. The third-order valence-electron chi connectivity index (χ3n) is 5.66. The number of carboxylic acid groups (broad SMARTS) is 1. The van der Waals surface area contributed by atoms with E-state index in [0.717, 1.165) is 30.9 Å². The first kappa shape index (κ1) is 24.9. The molecule has 0 saturated heterocycles. The van der Waals surface area contributed by atoms with Crippen LogP contribution >= 0.6 is 0 Å². The number of rotatable bonds is 9. The molecule has 2 heterocycles. The molecule has 186 valence electrons. The molecule has 1 aliphatic rings. The van der Waals surface area contributed by atoms with Gasteiger partial charge >= 0.3 is 5.97 Å². The fraction of sp³-hybridized carbons (Fsp3) is 0.192. The van der Waals surface area contributed by atoms with Gasteiger partial charge in [-0.1, -0.05) is 18.2 Å². The second-order valence-electron chi connectivity index (χ2n) is 8.29. The summed E-state index contributed by atoms with van der Waals surface area (Å²) in [5, 5.41) is 17.2. The average molecular weight is 507 g/mol. The molecule has 1 aromatic heterocycles. The van der Waals surface area contributed by atoms with Crippen molar-refractivity contribution in [1.29, 1.82) is 0 Å². The van der Waals surface area contributed by atoms with Gasteiger partial charge in [-0.05, 0) is 66.9 Å². The molecule has 0 bridgehead atoms. The smallest absolute Gasteiger partial charge is 0.305 e. The van der Waals surface area contributed by atoms with Crippen molar-refractivity contribution in [2.24, 2.45) is 0 Å². The van der Waals surface area contributed by atoms with Gasteiger partial charge in [0.1, 0.15) is 5.25 Å². The summed E-state index contributed by atoms with van der Waals surface area (Å²) < 4.78 is 26.8. The van der Waals surface area contributed by atoms with Gasteiger partial charge in [-0.3, -0.25) is 14.6 Å². The van der Waals surface area contributed by atoms with Gasteiger partial charge in [0.15, 0.2) is 9.84 Å². The number of benzene rings is 2. The van der Waals surface area contributed by atoms with E-state index in [1.54, 1.807) is 30.3 Å². The lowest BCUT2D eigenvalue weighted by Gasteiger charge is -2.18. The molecule has 4 rings (SSSR count). The minimum Gasteiger partial charge on any atom is -0.481 e. The van der Waals surface area contributed by atoms with E-state index in [2.05, 4.69) is 27.0 Å². The maximum absolute atomic E-state index is 13.4. The molecule has 1 atom stereocenters. The van der Waals surface area contributed by atoms with E-state index in [0.29, 0.717) is 5.56 Å². The summed E-state index contributed by atoms with van der Waals surface area (Å²) in [5.74, 6) is -0.765. The number of nitrogens with one attached hydrogen (secondary N) is 3. The molecule has 1 amide bonds. The lowest BCUT2D eigenvalue weighted by molar-refractivity contribution is -0.137. The number of nitrogens with zero attached hydrogens (tertiary/aromatic N) is 1. The zero-order chi connectivity index (χ0) is 25.5. The molecular weight excluding hydrogens is 480 g/mol. The van der Waals surface area contributed by atoms with Gasteiger partial charge in [-0.15, -0.1) is 0 Å². The molecule has 9 nitrogen and oxygen atoms in total. The Morgan fingerprint density at radius 3 is 2.58 bits per heavy atom. The van der Waals surface area contributed by atoms with Crippen LogP contribution in [0.1, 0.15) is 40.4 Å². The second kappa shape index (κ2) is 11.0. The molecule has 0 radical (unpaired) electrons. The van der Waals surface area contributed by atoms with Gasteiger partial charge in [-0.2, -0.15) is 0 Å². The van der Waals surface area contributed by atoms with Crippen molar-refractivity contribution in [2.45, 2.75) is 29.4 Å². The van der Waals surface area contributed by atoms with E-state index in [1.807, 2.05) is 6.07 Å². The van der Waals surface area contributed by atoms with Crippen LogP contribution in [0.25, 0.3) is 0 Å². The summed E-state index contributed by atoms with van der Waals surface area (Å²) in [6, 6.07) is 15.9. The fourth-order valence-electron chi connectivity index (χ4n) is 3.88. The normalized spacial score (nSPS) is 14.2. The Hall–Kier alpha value is -4.18. The van der Waals surface area contributed by atoms with Crippen LogP contribution in [0, 0.1) is 0 Å². The third kappa shape index (κ3) is 6.08. The van der Waals surface area contributed by atoms with Crippen molar-refractivity contribution in [3.63, 3.8) is 0 Å². The van der Waals surface area contributed by atoms with Crippen molar-refractivity contribution in [2.75, 3.05) is 17.2 Å². The number of sulfone groups is 1. The molecule has 36 heavy (non-hydrogen) atoms. The zero-order valence-corrected chi connectivity index (χ0v) is 20.2. The van der Waals surface area contributed by atoms with Crippen molar-refractivity contribution in [3.05, 3.63) is 96.1 Å². The number of allylic oxidation sites excluding steroid dienone is 1. The fourth-order valence-corrected chi connectivity index (χ4v) is 5.63. The number of carbonyl (C=O) groups is 2. The number of pyridine rings is 1. The number of aromatic nitrogens is 1. The van der Waals surface area contributed by atoms with E-state index < -0.39 is 33.4 Å². The number of carboxylic acids is 1. The second-order valence-corrected chi connectivity index (χ2v) is 10.4. The highest BCUT2D eigenvalue weighted by molar-refractivity contribution is 7.91. The number of carbonyl (C=O) groups excluding carboxylic acids is 1. The van der Waals surface area contributed by atoms with Crippen LogP contribution in [0.5, 0.6) is 0 Å². The predicted molar refractivity (Wildman–Crippen MR) is 136 cm³/mol. The van der Waals surface area contributed by atoms with E-state index >= 15 is 0 Å². The van der Waals surface area contributed by atoms with E-state index in [9.17, 15) is 23.1 Å². The standard InChI is InChI=1S/C26H26N4O5S/c31-25(32)16-23(19-7-5-12-27-17-19)36(34,35)22-10-4-9-21(15-22)30-26(33)18-6-3-8-20(14-18)29-24-11-1-2-13-28-24/h3-12,14-15,17,23,28-29H,1-2,13,16H2,(H,30,33)(H,31,32). The average Bonchev–Trinajstić information content (AvgIpc) is 2.88. The van der Waals surface area contributed by atoms with Gasteiger partial charge in [0, 0.05) is 35.9 Å². The molecule has 1 aliphatic heterocycles. The number of hydrogen-bond donors (Lipinski definition) is 4. The first-order valence-corrected chi connectivity index (χ1v) is 13.0. The minimum atomic E-state index is -4.09. The van der Waals surface area contributed by atoms with Gasteiger partial charge < -0.3 is 21.1 Å². The van der Waals surface area contributed by atoms with Crippen molar-refractivity contribution in [3.8, 4) is 0 Å². The Labute approximate surface area is 209 Å². The van der Waals surface area contributed by atoms with Gasteiger partial charge in [0.05, 0.1) is 17.1 Å². The molecule has 0 fully saturated rings. The topological polar surface area (TPSA) is 137 Å². The molecule has 0 saturated carbocycles. The maximum Gasteiger partial charge on any atom is 0.305 e. The quantitative estimate of drug-likeness (QED) is 0.342. The first-order chi connectivity index (χ1) is 17.3. The Kier molecular flexibility index (Phi) is 7.65. The zero-order valence-electron chi connectivity index (χ0n) is 19.3. The molecular formula is C26H26N4O5S. The maximum atomic E-state index is 13.4. The largest absolute Gasteiger partial charge is 0.481 e. The molecule has 0 spiro atoms. The van der Waals surface area contributed by atoms with Crippen molar-refractivity contribution >= 4 is 33.1 Å². The van der Waals surface area contributed by atoms with Gasteiger partial charge in [-0.25, -0.2) is 8.42 Å². The number of aliphatic carboxylic acids is 1. The molecule has 1 unspecified atom stereocenters. The van der Waals surface area contributed by atoms with Crippen molar-refractivity contribution < 1.29 is 23.1 Å². The molecule has 4 N–H and O–H groups in total. The van der Waals surface area contributed by atoms with Crippen LogP contribution < -0.4 is 16.0 Å². The third-order valence-corrected chi connectivity index (χ3v) is 7.76. The summed E-state index contributed by atoms with van der Waals surface area (Å²) in [6.07, 6.45) is 6.32. The SMILES string of the molecule is O=C(O)CC(c1cccnc1)S(=O)(=O)c1cccc(NC(=O)c2cccc(NC3=CCCCN3)c2)c1. The van der Waals surface area contributed by atoms with Crippen LogP contribution in [-0.4, -0.2) is 36.9 Å². The highest BCUT2D eigenvalue weighted by Gasteiger charge is 2.31. The summed E-state index contributed by atoms with van der Waals surface area (Å²) in [5.41, 5.74) is 1.69. The molecule has 10 heteroatoms. The highest BCUT2D eigenvalue weighted by Crippen LogP contribution is 2.32. The summed E-state index contributed by atoms with van der Waals surface area (Å²) in [6.45, 7) is 0.881. The number of anilines is 2. The number of hydrogen-bond acceptors (Lipinski definition) is 7. The van der Waals surface area contributed by atoms with Crippen LogP contribution in [0.2, 0.25) is 0 Å². The van der Waals surface area contributed by atoms with Gasteiger partial charge in [0.2, 0.25) is 0 Å². The summed E-state index contributed by atoms with van der Waals surface area (Å²) in [4.78, 5) is 28.2. The van der Waals surface area contributed by atoms with E-state index in [1.165, 1.54) is 36.7 Å². The Balaban J connectivity index is 1.54. The highest BCUT2D eigenvalue weighted by atomic mass is 32.2. The van der Waals surface area contributed by atoms with Crippen LogP contribution in [0.3, 0.4) is 0 Å². The monoisotopic (exact) mass is 506 g/mol. The molecule has 2 aromatic carbocycles. The van der Waals surface area contributed by atoms with Gasteiger partial charge in [0.25, 0.3) is 5.91 Å². The van der Waals surface area contributed by atoms with Crippen LogP contribution in [0.4, 0.5) is 11.4 Å². The Morgan fingerprint density at radius 1 is 1.06 bits per heavy atom. The first-order valence-electron chi connectivity index (χ1n) is 11.4. The van der Waals surface area contributed by atoms with Crippen molar-refractivity contribution in [1.82, 2.24) is 10.3 Å².